The highest BCUT2D eigenvalue weighted by atomic mass is 32.1. The Morgan fingerprint density at radius 1 is 1.29 bits per heavy atom. The molecule has 1 aliphatic heterocycles. The summed E-state index contributed by atoms with van der Waals surface area (Å²) in [6.45, 7) is 5.57. The Labute approximate surface area is 131 Å². The monoisotopic (exact) mass is 306 g/mol. The lowest BCUT2D eigenvalue weighted by atomic mass is 10.1. The molecule has 1 aliphatic rings. The third-order valence-electron chi connectivity index (χ3n) is 3.50. The van der Waals surface area contributed by atoms with Gasteiger partial charge in [-0.15, -0.1) is 0 Å². The number of likely N-dealkylation sites (tertiary alicyclic amines) is 1. The molecular weight excluding hydrogens is 284 g/mol. The van der Waals surface area contributed by atoms with Crippen molar-refractivity contribution in [3.63, 3.8) is 0 Å². The molecule has 0 spiro atoms. The van der Waals surface area contributed by atoms with Gasteiger partial charge in [0.05, 0.1) is 17.1 Å². The molecule has 1 aromatic carbocycles. The SMILES string of the molecule is CC(C)(C)OC(=O)N1C(C(N)=S)CCC1c1ccccc1. The van der Waals surface area contributed by atoms with Gasteiger partial charge in [-0.1, -0.05) is 42.5 Å². The van der Waals surface area contributed by atoms with Gasteiger partial charge >= 0.3 is 6.09 Å². The zero-order chi connectivity index (χ0) is 15.6. The van der Waals surface area contributed by atoms with Crippen LogP contribution in [0.5, 0.6) is 0 Å². The second-order valence-electron chi connectivity index (χ2n) is 6.31. The Hall–Kier alpha value is -1.62. The van der Waals surface area contributed by atoms with Crippen LogP contribution in [0.4, 0.5) is 4.79 Å². The summed E-state index contributed by atoms with van der Waals surface area (Å²) < 4.78 is 5.53. The van der Waals surface area contributed by atoms with E-state index in [9.17, 15) is 4.79 Å². The summed E-state index contributed by atoms with van der Waals surface area (Å²) in [5.41, 5.74) is 6.36. The van der Waals surface area contributed by atoms with Crippen LogP contribution in [0.3, 0.4) is 0 Å². The van der Waals surface area contributed by atoms with Gasteiger partial charge in [0.15, 0.2) is 0 Å². The first-order valence-corrected chi connectivity index (χ1v) is 7.56. The minimum atomic E-state index is -0.540. The van der Waals surface area contributed by atoms with E-state index in [1.54, 1.807) is 4.90 Å². The van der Waals surface area contributed by atoms with Crippen LogP contribution < -0.4 is 5.73 Å². The number of nitrogens with two attached hydrogens (primary N) is 1. The molecule has 5 heteroatoms. The normalized spacial score (nSPS) is 22.1. The van der Waals surface area contributed by atoms with Crippen molar-refractivity contribution < 1.29 is 9.53 Å². The van der Waals surface area contributed by atoms with Crippen LogP contribution in [0.15, 0.2) is 30.3 Å². The summed E-state index contributed by atoms with van der Waals surface area (Å²) in [5, 5.41) is 0. The maximum atomic E-state index is 12.5. The van der Waals surface area contributed by atoms with Gasteiger partial charge in [0, 0.05) is 0 Å². The predicted molar refractivity (Wildman–Crippen MR) is 87.1 cm³/mol. The van der Waals surface area contributed by atoms with Crippen molar-refractivity contribution in [2.45, 2.75) is 51.3 Å². The molecule has 2 N–H and O–H groups in total. The van der Waals surface area contributed by atoms with Crippen LogP contribution in [0.25, 0.3) is 0 Å². The molecule has 21 heavy (non-hydrogen) atoms. The smallest absolute Gasteiger partial charge is 0.411 e. The fraction of sp³-hybridized carbons (Fsp3) is 0.500. The van der Waals surface area contributed by atoms with Crippen LogP contribution in [0, 0.1) is 0 Å². The molecule has 1 amide bonds. The lowest BCUT2D eigenvalue weighted by Gasteiger charge is -2.32. The van der Waals surface area contributed by atoms with Crippen LogP contribution in [-0.2, 0) is 4.74 Å². The fourth-order valence-corrected chi connectivity index (χ4v) is 2.89. The summed E-state index contributed by atoms with van der Waals surface area (Å²) in [6.07, 6.45) is 1.26. The largest absolute Gasteiger partial charge is 0.444 e. The van der Waals surface area contributed by atoms with E-state index in [0.29, 0.717) is 4.99 Å². The van der Waals surface area contributed by atoms with Crippen molar-refractivity contribution in [2.75, 3.05) is 0 Å². The molecule has 1 heterocycles. The van der Waals surface area contributed by atoms with E-state index in [1.165, 1.54) is 0 Å². The lowest BCUT2D eigenvalue weighted by Crippen LogP contribution is -2.46. The molecule has 2 rings (SSSR count). The number of benzene rings is 1. The van der Waals surface area contributed by atoms with Gasteiger partial charge in [-0.2, -0.15) is 0 Å². The number of amides is 1. The molecule has 1 aromatic rings. The Morgan fingerprint density at radius 3 is 2.43 bits per heavy atom. The number of carbonyl (C=O) groups is 1. The van der Waals surface area contributed by atoms with Gasteiger partial charge in [-0.3, -0.25) is 4.90 Å². The standard InChI is InChI=1S/C16H22N2O2S/c1-16(2,3)20-15(19)18-12(9-10-13(18)14(17)21)11-7-5-4-6-8-11/h4-8,12-13H,9-10H2,1-3H3,(H2,17,21). The second kappa shape index (κ2) is 6.02. The van der Waals surface area contributed by atoms with Crippen molar-refractivity contribution >= 4 is 23.3 Å². The first-order chi connectivity index (χ1) is 9.79. The maximum Gasteiger partial charge on any atom is 0.411 e. The Bertz CT molecular complexity index is 525. The minimum absolute atomic E-state index is 0.0347. The van der Waals surface area contributed by atoms with Gasteiger partial charge in [0.1, 0.15) is 5.60 Å². The van der Waals surface area contributed by atoms with E-state index < -0.39 is 5.60 Å². The molecule has 1 fully saturated rings. The molecule has 0 aliphatic carbocycles. The molecule has 2 atom stereocenters. The summed E-state index contributed by atoms with van der Waals surface area (Å²) in [6, 6.07) is 9.66. The number of carbonyl (C=O) groups excluding carboxylic acids is 1. The summed E-state index contributed by atoms with van der Waals surface area (Å²) >= 11 is 5.12. The van der Waals surface area contributed by atoms with Crippen molar-refractivity contribution in [1.82, 2.24) is 4.90 Å². The van der Waals surface area contributed by atoms with E-state index in [-0.39, 0.29) is 18.2 Å². The van der Waals surface area contributed by atoms with Gasteiger partial charge < -0.3 is 10.5 Å². The fourth-order valence-electron chi connectivity index (χ4n) is 2.66. The first-order valence-electron chi connectivity index (χ1n) is 7.15. The minimum Gasteiger partial charge on any atom is -0.444 e. The molecule has 0 radical (unpaired) electrons. The summed E-state index contributed by atoms with van der Waals surface area (Å²) in [7, 11) is 0. The zero-order valence-corrected chi connectivity index (χ0v) is 13.5. The number of nitrogens with zero attached hydrogens (tertiary/aromatic N) is 1. The summed E-state index contributed by atoms with van der Waals surface area (Å²) in [4.78, 5) is 14.6. The predicted octanol–water partition coefficient (Wildman–Crippen LogP) is 3.41. The van der Waals surface area contributed by atoms with E-state index in [0.717, 1.165) is 18.4 Å². The number of ether oxygens (including phenoxy) is 1. The highest BCUT2D eigenvalue weighted by molar-refractivity contribution is 7.80. The number of hydrogen-bond donors (Lipinski definition) is 1. The lowest BCUT2D eigenvalue weighted by molar-refractivity contribution is 0.0191. The topological polar surface area (TPSA) is 55.6 Å². The second-order valence-corrected chi connectivity index (χ2v) is 6.78. The number of hydrogen-bond acceptors (Lipinski definition) is 3. The molecule has 0 aromatic heterocycles. The van der Waals surface area contributed by atoms with Crippen LogP contribution in [0.1, 0.15) is 45.2 Å². The van der Waals surface area contributed by atoms with E-state index in [4.69, 9.17) is 22.7 Å². The summed E-state index contributed by atoms with van der Waals surface area (Å²) in [5.74, 6) is 0. The molecular formula is C16H22N2O2S. The Kier molecular flexibility index (Phi) is 4.52. The highest BCUT2D eigenvalue weighted by Crippen LogP contribution is 2.37. The molecule has 2 unspecified atom stereocenters. The quantitative estimate of drug-likeness (QED) is 0.851. The molecule has 0 bridgehead atoms. The highest BCUT2D eigenvalue weighted by Gasteiger charge is 2.41. The van der Waals surface area contributed by atoms with Crippen LogP contribution in [0.2, 0.25) is 0 Å². The van der Waals surface area contributed by atoms with Gasteiger partial charge in [0.2, 0.25) is 0 Å². The third-order valence-corrected chi connectivity index (χ3v) is 3.77. The molecule has 1 saturated heterocycles. The maximum absolute atomic E-state index is 12.5. The first kappa shape index (κ1) is 15.8. The van der Waals surface area contributed by atoms with Crippen molar-refractivity contribution in [3.8, 4) is 0 Å². The van der Waals surface area contributed by atoms with Crippen molar-refractivity contribution in [1.29, 1.82) is 0 Å². The van der Waals surface area contributed by atoms with E-state index in [2.05, 4.69) is 0 Å². The van der Waals surface area contributed by atoms with Gasteiger partial charge in [0.25, 0.3) is 0 Å². The number of rotatable bonds is 2. The van der Waals surface area contributed by atoms with Crippen molar-refractivity contribution in [2.24, 2.45) is 5.73 Å². The molecule has 114 valence electrons. The van der Waals surface area contributed by atoms with Crippen LogP contribution in [-0.4, -0.2) is 27.6 Å². The molecule has 4 nitrogen and oxygen atoms in total. The number of thiocarbonyl (C=S) groups is 1. The van der Waals surface area contributed by atoms with E-state index >= 15 is 0 Å². The third kappa shape index (κ3) is 3.73. The van der Waals surface area contributed by atoms with Gasteiger partial charge in [-0.25, -0.2) is 4.79 Å². The average molecular weight is 306 g/mol. The Balaban J connectivity index is 2.29. The van der Waals surface area contributed by atoms with E-state index in [1.807, 2.05) is 51.1 Å². The Morgan fingerprint density at radius 2 is 1.90 bits per heavy atom. The molecule has 0 saturated carbocycles. The van der Waals surface area contributed by atoms with Gasteiger partial charge in [-0.05, 0) is 39.2 Å². The van der Waals surface area contributed by atoms with Crippen molar-refractivity contribution in [3.05, 3.63) is 35.9 Å². The zero-order valence-electron chi connectivity index (χ0n) is 12.7. The average Bonchev–Trinajstić information content (AvgIpc) is 2.82. The van der Waals surface area contributed by atoms with Crippen LogP contribution >= 0.6 is 12.2 Å².